The predicted octanol–water partition coefficient (Wildman–Crippen LogP) is 2.01. The van der Waals surface area contributed by atoms with Gasteiger partial charge in [-0.2, -0.15) is 0 Å². The smallest absolute Gasteiger partial charge is 0.189 e. The van der Waals surface area contributed by atoms with Crippen LogP contribution >= 0.6 is 0 Å². The lowest BCUT2D eigenvalue weighted by Gasteiger charge is -2.25. The molecule has 1 aliphatic carbocycles. The van der Waals surface area contributed by atoms with Crippen LogP contribution in [0.25, 0.3) is 0 Å². The minimum Gasteiger partial charge on any atom is -0.362 e. The molecule has 12 heavy (non-hydrogen) atoms. The molecule has 1 N–H and O–H groups in total. The quantitative estimate of drug-likeness (QED) is 0.514. The first-order valence-electron chi connectivity index (χ1n) is 4.47. The first kappa shape index (κ1) is 9.49. The fraction of sp³-hybridized carbons (Fsp3) is 0.600. The molecule has 1 unspecified atom stereocenters. The van der Waals surface area contributed by atoms with E-state index in [2.05, 4.69) is 6.92 Å². The Morgan fingerprint density at radius 2 is 2.33 bits per heavy atom. The fourth-order valence-corrected chi connectivity index (χ4v) is 1.09. The summed E-state index contributed by atoms with van der Waals surface area (Å²) in [6.07, 6.45) is 9.99. The number of allylic oxidation sites excluding steroid dienone is 2. The largest absolute Gasteiger partial charge is 0.362 e. The van der Waals surface area contributed by atoms with Crippen LogP contribution in [0.2, 0.25) is 0 Å². The van der Waals surface area contributed by atoms with E-state index in [1.807, 2.05) is 18.2 Å². The maximum absolute atomic E-state index is 9.74. The first-order chi connectivity index (χ1) is 5.77. The second-order valence-corrected chi connectivity index (χ2v) is 3.04. The average molecular weight is 168 g/mol. The highest BCUT2D eigenvalue weighted by Crippen LogP contribution is 2.18. The van der Waals surface area contributed by atoms with Gasteiger partial charge in [0.25, 0.3) is 0 Å². The van der Waals surface area contributed by atoms with Crippen molar-refractivity contribution < 1.29 is 9.84 Å². The van der Waals surface area contributed by atoms with E-state index in [4.69, 9.17) is 4.74 Å². The molecule has 0 radical (unpaired) electrons. The minimum absolute atomic E-state index is 0.563. The van der Waals surface area contributed by atoms with Gasteiger partial charge in [0.15, 0.2) is 5.79 Å². The molecule has 68 valence electrons. The highest BCUT2D eigenvalue weighted by Gasteiger charge is 2.23. The van der Waals surface area contributed by atoms with Crippen molar-refractivity contribution in [2.75, 3.05) is 6.61 Å². The van der Waals surface area contributed by atoms with Crippen LogP contribution < -0.4 is 0 Å². The molecule has 0 aliphatic heterocycles. The summed E-state index contributed by atoms with van der Waals surface area (Å²) >= 11 is 0. The van der Waals surface area contributed by atoms with E-state index >= 15 is 0 Å². The lowest BCUT2D eigenvalue weighted by Crippen LogP contribution is -2.30. The molecule has 0 saturated heterocycles. The Bertz CT molecular complexity index is 184. The Morgan fingerprint density at radius 3 is 2.92 bits per heavy atom. The molecule has 0 aromatic heterocycles. The molecule has 0 bridgehead atoms. The summed E-state index contributed by atoms with van der Waals surface area (Å²) in [7, 11) is 0. The van der Waals surface area contributed by atoms with Crippen molar-refractivity contribution in [2.24, 2.45) is 0 Å². The van der Waals surface area contributed by atoms with Crippen molar-refractivity contribution in [3.63, 3.8) is 0 Å². The monoisotopic (exact) mass is 168 g/mol. The molecule has 1 rings (SSSR count). The molecular weight excluding hydrogens is 152 g/mol. The molecule has 1 aliphatic rings. The van der Waals surface area contributed by atoms with Crippen molar-refractivity contribution >= 4 is 0 Å². The van der Waals surface area contributed by atoms with Crippen molar-refractivity contribution in [1.29, 1.82) is 0 Å². The predicted molar refractivity (Wildman–Crippen MR) is 48.7 cm³/mol. The van der Waals surface area contributed by atoms with E-state index in [1.165, 1.54) is 0 Å². The number of aliphatic hydroxyl groups is 1. The second kappa shape index (κ2) is 4.43. The molecule has 1 atom stereocenters. The summed E-state index contributed by atoms with van der Waals surface area (Å²) in [5.41, 5.74) is 0. The van der Waals surface area contributed by atoms with Gasteiger partial charge >= 0.3 is 0 Å². The Balaban J connectivity index is 2.29. The molecule has 0 heterocycles. The lowest BCUT2D eigenvalue weighted by molar-refractivity contribution is -0.165. The van der Waals surface area contributed by atoms with E-state index in [0.717, 1.165) is 12.8 Å². The number of rotatable bonds is 4. The molecule has 2 heteroatoms. The van der Waals surface area contributed by atoms with E-state index < -0.39 is 5.79 Å². The highest BCUT2D eigenvalue weighted by atomic mass is 16.6. The van der Waals surface area contributed by atoms with Gasteiger partial charge in [-0.15, -0.1) is 0 Å². The van der Waals surface area contributed by atoms with Gasteiger partial charge in [-0.3, -0.25) is 0 Å². The number of hydrogen-bond donors (Lipinski definition) is 1. The van der Waals surface area contributed by atoms with Crippen molar-refractivity contribution in [2.45, 2.75) is 32.0 Å². The number of hydrogen-bond acceptors (Lipinski definition) is 2. The molecule has 0 aromatic carbocycles. The van der Waals surface area contributed by atoms with Crippen LogP contribution in [0.3, 0.4) is 0 Å². The van der Waals surface area contributed by atoms with Gasteiger partial charge in [-0.1, -0.05) is 31.6 Å². The second-order valence-electron chi connectivity index (χ2n) is 3.04. The van der Waals surface area contributed by atoms with Crippen molar-refractivity contribution in [3.8, 4) is 0 Å². The third kappa shape index (κ3) is 2.80. The maximum atomic E-state index is 9.74. The zero-order valence-corrected chi connectivity index (χ0v) is 7.49. The van der Waals surface area contributed by atoms with Crippen molar-refractivity contribution in [3.05, 3.63) is 24.3 Å². The normalized spacial score (nSPS) is 27.8. The molecule has 0 spiro atoms. The standard InChI is InChI=1S/C10H16O2/c1-2-3-9-12-10(11)7-5-4-6-8-10/h4-7,11H,2-3,8-9H2,1H3. The minimum atomic E-state index is -1.04. The van der Waals surface area contributed by atoms with Gasteiger partial charge in [0, 0.05) is 6.42 Å². The van der Waals surface area contributed by atoms with E-state index in [9.17, 15) is 5.11 Å². The molecule has 0 fully saturated rings. The molecule has 0 amide bonds. The number of ether oxygens (including phenoxy) is 1. The zero-order valence-electron chi connectivity index (χ0n) is 7.49. The lowest BCUT2D eigenvalue weighted by atomic mass is 10.1. The summed E-state index contributed by atoms with van der Waals surface area (Å²) in [4.78, 5) is 0. The van der Waals surface area contributed by atoms with Crippen LogP contribution in [0.15, 0.2) is 24.3 Å². The highest BCUT2D eigenvalue weighted by molar-refractivity contribution is 5.14. The Kier molecular flexibility index (Phi) is 3.50. The van der Waals surface area contributed by atoms with Crippen molar-refractivity contribution in [1.82, 2.24) is 0 Å². The topological polar surface area (TPSA) is 29.5 Å². The third-order valence-corrected chi connectivity index (χ3v) is 1.86. The van der Waals surface area contributed by atoms with Crippen LogP contribution in [0.1, 0.15) is 26.2 Å². The maximum Gasteiger partial charge on any atom is 0.189 e. The van der Waals surface area contributed by atoms with E-state index in [0.29, 0.717) is 13.0 Å². The summed E-state index contributed by atoms with van der Waals surface area (Å²) in [6, 6.07) is 0. The Labute approximate surface area is 73.5 Å². The molecule has 0 saturated carbocycles. The summed E-state index contributed by atoms with van der Waals surface area (Å²) in [5.74, 6) is -1.04. The van der Waals surface area contributed by atoms with E-state index in [-0.39, 0.29) is 0 Å². The summed E-state index contributed by atoms with van der Waals surface area (Å²) in [5, 5.41) is 9.74. The third-order valence-electron chi connectivity index (χ3n) is 1.86. The van der Waals surface area contributed by atoms with Crippen LogP contribution in [-0.4, -0.2) is 17.5 Å². The van der Waals surface area contributed by atoms with Crippen LogP contribution in [0.5, 0.6) is 0 Å². The number of unbranched alkanes of at least 4 members (excludes halogenated alkanes) is 1. The summed E-state index contributed by atoms with van der Waals surface area (Å²) < 4.78 is 5.33. The van der Waals surface area contributed by atoms with Gasteiger partial charge in [0.1, 0.15) is 0 Å². The molecular formula is C10H16O2. The van der Waals surface area contributed by atoms with Gasteiger partial charge in [-0.25, -0.2) is 0 Å². The van der Waals surface area contributed by atoms with E-state index in [1.54, 1.807) is 6.08 Å². The van der Waals surface area contributed by atoms with Gasteiger partial charge in [-0.05, 0) is 12.5 Å². The van der Waals surface area contributed by atoms with Gasteiger partial charge in [0.05, 0.1) is 6.61 Å². The average Bonchev–Trinajstić information content (AvgIpc) is 2.06. The SMILES string of the molecule is CCCCOC1(O)C=CC=CC1. The van der Waals surface area contributed by atoms with Crippen LogP contribution in [-0.2, 0) is 4.74 Å². The molecule has 2 nitrogen and oxygen atoms in total. The van der Waals surface area contributed by atoms with Crippen LogP contribution in [0.4, 0.5) is 0 Å². The fourth-order valence-electron chi connectivity index (χ4n) is 1.09. The van der Waals surface area contributed by atoms with Gasteiger partial charge in [0.2, 0.25) is 0 Å². The van der Waals surface area contributed by atoms with Gasteiger partial charge < -0.3 is 9.84 Å². The molecule has 0 aromatic rings. The van der Waals surface area contributed by atoms with Crippen LogP contribution in [0, 0.1) is 0 Å². The Morgan fingerprint density at radius 1 is 1.50 bits per heavy atom. The zero-order chi connectivity index (χ0) is 8.86. The summed E-state index contributed by atoms with van der Waals surface area (Å²) in [6.45, 7) is 2.73. The Hall–Kier alpha value is -0.600. The first-order valence-corrected chi connectivity index (χ1v) is 4.47.